The summed E-state index contributed by atoms with van der Waals surface area (Å²) in [6.07, 6.45) is 1.08. The number of aromatic nitrogens is 1. The van der Waals surface area contributed by atoms with Gasteiger partial charge >= 0.3 is 0 Å². The van der Waals surface area contributed by atoms with Gasteiger partial charge in [-0.15, -0.1) is 11.3 Å². The first kappa shape index (κ1) is 10.5. The van der Waals surface area contributed by atoms with Crippen LogP contribution in [-0.4, -0.2) is 29.1 Å². The largest absolute Gasteiger partial charge is 0.312 e. The Balaban J connectivity index is 1.74. The Kier molecular flexibility index (Phi) is 3.47. The number of aryl methyl sites for hydroxylation is 2. The monoisotopic (exact) mass is 228 g/mol. The van der Waals surface area contributed by atoms with Crippen molar-refractivity contribution < 1.29 is 0 Å². The molecule has 1 aliphatic heterocycles. The summed E-state index contributed by atoms with van der Waals surface area (Å²) in [5.41, 5.74) is 1.20. The summed E-state index contributed by atoms with van der Waals surface area (Å²) in [6.45, 7) is 5.31. The number of rotatable bonds is 4. The fourth-order valence-electron chi connectivity index (χ4n) is 1.38. The van der Waals surface area contributed by atoms with E-state index in [0.717, 1.165) is 19.0 Å². The topological polar surface area (TPSA) is 24.9 Å². The number of hydrogen-bond donors (Lipinski definition) is 1. The lowest BCUT2D eigenvalue weighted by atomic mass is 10.3. The number of nitrogens with zero attached hydrogens (tertiary/aromatic N) is 1. The van der Waals surface area contributed by atoms with Crippen molar-refractivity contribution in [1.29, 1.82) is 0 Å². The summed E-state index contributed by atoms with van der Waals surface area (Å²) in [5.74, 6) is 2.58. The Morgan fingerprint density at radius 1 is 1.43 bits per heavy atom. The van der Waals surface area contributed by atoms with Gasteiger partial charge in [0.05, 0.1) is 10.7 Å². The van der Waals surface area contributed by atoms with E-state index in [-0.39, 0.29) is 0 Å². The van der Waals surface area contributed by atoms with E-state index >= 15 is 0 Å². The second-order valence-corrected chi connectivity index (χ2v) is 6.05. The van der Waals surface area contributed by atoms with E-state index in [2.05, 4.69) is 24.1 Å². The van der Waals surface area contributed by atoms with Crippen molar-refractivity contribution in [1.82, 2.24) is 10.3 Å². The highest BCUT2D eigenvalue weighted by molar-refractivity contribution is 8.00. The van der Waals surface area contributed by atoms with Crippen molar-refractivity contribution in [3.05, 3.63) is 15.6 Å². The van der Waals surface area contributed by atoms with Gasteiger partial charge in [-0.1, -0.05) is 0 Å². The highest BCUT2D eigenvalue weighted by Crippen LogP contribution is 2.18. The zero-order valence-corrected chi connectivity index (χ0v) is 10.3. The second-order valence-electron chi connectivity index (χ2n) is 3.69. The molecular formula is C10H16N2S2. The molecule has 1 saturated heterocycles. The molecule has 1 aromatic heterocycles. The summed E-state index contributed by atoms with van der Waals surface area (Å²) in [6, 6.07) is 0.766. The summed E-state index contributed by atoms with van der Waals surface area (Å²) < 4.78 is 0. The standard InChI is InChI=1S/C10H16N2S2/c1-7-8(2)14-10(12-7)3-4-11-9-5-13-6-9/h9,11H,3-6H2,1-2H3. The Morgan fingerprint density at radius 2 is 2.21 bits per heavy atom. The average Bonchev–Trinajstić information content (AvgIpc) is 2.37. The van der Waals surface area contributed by atoms with Crippen molar-refractivity contribution >= 4 is 23.1 Å². The number of thioether (sulfide) groups is 1. The molecule has 2 rings (SSSR count). The third kappa shape index (κ3) is 2.49. The number of thiazole rings is 1. The van der Waals surface area contributed by atoms with Crippen LogP contribution in [0.4, 0.5) is 0 Å². The first-order valence-corrected chi connectivity index (χ1v) is 6.97. The van der Waals surface area contributed by atoms with E-state index < -0.39 is 0 Å². The van der Waals surface area contributed by atoms with Gasteiger partial charge in [0.2, 0.25) is 0 Å². The van der Waals surface area contributed by atoms with Crippen LogP contribution in [0.25, 0.3) is 0 Å². The minimum absolute atomic E-state index is 0.766. The van der Waals surface area contributed by atoms with Gasteiger partial charge in [-0.3, -0.25) is 0 Å². The molecule has 1 aromatic rings. The van der Waals surface area contributed by atoms with E-state index in [0.29, 0.717) is 0 Å². The van der Waals surface area contributed by atoms with Crippen molar-refractivity contribution in [2.45, 2.75) is 26.3 Å². The lowest BCUT2D eigenvalue weighted by molar-refractivity contribution is 0.584. The maximum atomic E-state index is 4.52. The van der Waals surface area contributed by atoms with Gasteiger partial charge in [-0.2, -0.15) is 11.8 Å². The van der Waals surface area contributed by atoms with Gasteiger partial charge < -0.3 is 5.32 Å². The lowest BCUT2D eigenvalue weighted by Crippen LogP contribution is -2.41. The molecule has 0 unspecified atom stereocenters. The van der Waals surface area contributed by atoms with Crippen LogP contribution in [0.1, 0.15) is 15.6 Å². The molecule has 14 heavy (non-hydrogen) atoms. The third-order valence-electron chi connectivity index (χ3n) is 2.48. The second kappa shape index (κ2) is 4.64. The quantitative estimate of drug-likeness (QED) is 0.853. The first-order valence-electron chi connectivity index (χ1n) is 5.00. The molecule has 1 N–H and O–H groups in total. The molecule has 0 radical (unpaired) electrons. The van der Waals surface area contributed by atoms with Gasteiger partial charge in [0, 0.05) is 35.4 Å². The smallest absolute Gasteiger partial charge is 0.0943 e. The molecule has 4 heteroatoms. The fraction of sp³-hybridized carbons (Fsp3) is 0.700. The fourth-order valence-corrected chi connectivity index (χ4v) is 3.02. The van der Waals surface area contributed by atoms with Crippen LogP contribution in [0.3, 0.4) is 0 Å². The van der Waals surface area contributed by atoms with Crippen LogP contribution in [0.15, 0.2) is 0 Å². The minimum Gasteiger partial charge on any atom is -0.312 e. The van der Waals surface area contributed by atoms with Crippen LogP contribution in [0.2, 0.25) is 0 Å². The molecule has 0 aliphatic carbocycles. The third-order valence-corrected chi connectivity index (χ3v) is 4.89. The average molecular weight is 228 g/mol. The van der Waals surface area contributed by atoms with Crippen LogP contribution >= 0.6 is 23.1 Å². The van der Waals surface area contributed by atoms with Crippen molar-refractivity contribution in [2.24, 2.45) is 0 Å². The molecule has 0 spiro atoms. The SMILES string of the molecule is Cc1nc(CCNC2CSC2)sc1C. The molecular weight excluding hydrogens is 212 g/mol. The predicted molar refractivity (Wildman–Crippen MR) is 64.4 cm³/mol. The molecule has 0 amide bonds. The van der Waals surface area contributed by atoms with Gasteiger partial charge in [-0.25, -0.2) is 4.98 Å². The molecule has 0 saturated carbocycles. The van der Waals surface area contributed by atoms with Crippen molar-refractivity contribution in [2.75, 3.05) is 18.1 Å². The molecule has 2 heterocycles. The van der Waals surface area contributed by atoms with E-state index in [4.69, 9.17) is 0 Å². The Hall–Kier alpha value is -0.0600. The maximum Gasteiger partial charge on any atom is 0.0943 e. The Labute approximate surface area is 93.5 Å². The highest BCUT2D eigenvalue weighted by atomic mass is 32.2. The highest BCUT2D eigenvalue weighted by Gasteiger charge is 2.16. The van der Waals surface area contributed by atoms with Crippen molar-refractivity contribution in [3.8, 4) is 0 Å². The maximum absolute atomic E-state index is 4.52. The lowest BCUT2D eigenvalue weighted by Gasteiger charge is -2.25. The van der Waals surface area contributed by atoms with Crippen LogP contribution in [0.5, 0.6) is 0 Å². The van der Waals surface area contributed by atoms with Crippen molar-refractivity contribution in [3.63, 3.8) is 0 Å². The van der Waals surface area contributed by atoms with Gasteiger partial charge in [-0.05, 0) is 13.8 Å². The molecule has 0 atom stereocenters. The number of hydrogen-bond acceptors (Lipinski definition) is 4. The Bertz CT molecular complexity index is 286. The van der Waals surface area contributed by atoms with E-state index in [9.17, 15) is 0 Å². The molecule has 78 valence electrons. The van der Waals surface area contributed by atoms with E-state index in [1.54, 1.807) is 0 Å². The van der Waals surface area contributed by atoms with E-state index in [1.165, 1.54) is 27.1 Å². The summed E-state index contributed by atoms with van der Waals surface area (Å²) in [4.78, 5) is 5.88. The first-order chi connectivity index (χ1) is 6.75. The van der Waals surface area contributed by atoms with E-state index in [1.807, 2.05) is 23.1 Å². The molecule has 1 aliphatic rings. The Morgan fingerprint density at radius 3 is 2.71 bits per heavy atom. The molecule has 0 bridgehead atoms. The summed E-state index contributed by atoms with van der Waals surface area (Å²) >= 11 is 3.86. The molecule has 1 fully saturated rings. The van der Waals surface area contributed by atoms with Crippen LogP contribution in [0, 0.1) is 13.8 Å². The van der Waals surface area contributed by atoms with Gasteiger partial charge in [0.15, 0.2) is 0 Å². The number of nitrogens with one attached hydrogen (secondary N) is 1. The summed E-state index contributed by atoms with van der Waals surface area (Å²) in [7, 11) is 0. The summed E-state index contributed by atoms with van der Waals surface area (Å²) in [5, 5.41) is 4.82. The van der Waals surface area contributed by atoms with Crippen LogP contribution < -0.4 is 5.32 Å². The molecule has 0 aromatic carbocycles. The zero-order valence-electron chi connectivity index (χ0n) is 8.67. The molecule has 2 nitrogen and oxygen atoms in total. The van der Waals surface area contributed by atoms with Gasteiger partial charge in [0.1, 0.15) is 0 Å². The minimum atomic E-state index is 0.766. The normalized spacial score (nSPS) is 17.0. The zero-order chi connectivity index (χ0) is 9.97. The van der Waals surface area contributed by atoms with Gasteiger partial charge in [0.25, 0.3) is 0 Å². The van der Waals surface area contributed by atoms with Crippen LogP contribution in [-0.2, 0) is 6.42 Å². The predicted octanol–water partition coefficient (Wildman–Crippen LogP) is 2.01.